The Balaban J connectivity index is 0. The van der Waals surface area contributed by atoms with Gasteiger partial charge in [0, 0.05) is 0 Å². The fraction of sp³-hybridized carbons (Fsp3) is 0.364. The number of rotatable bonds is 0. The molecule has 25 heavy (non-hydrogen) atoms. The second kappa shape index (κ2) is 10.7. The minimum absolute atomic E-state index is 0. The summed E-state index contributed by atoms with van der Waals surface area (Å²) < 4.78 is 0. The zero-order valence-corrected chi connectivity index (χ0v) is 20.0. The Morgan fingerprint density at radius 1 is 0.760 bits per heavy atom. The molecular weight excluding hydrogens is 426 g/mol. The van der Waals surface area contributed by atoms with Gasteiger partial charge < -0.3 is 24.8 Å². The summed E-state index contributed by atoms with van der Waals surface area (Å²) in [6.45, 7) is 13.7. The quantitative estimate of drug-likeness (QED) is 0.436. The largest absolute Gasteiger partial charge is 4.00 e. The number of fused-ring (bicyclic) bond motifs is 1. The first kappa shape index (κ1) is 26.9. The van der Waals surface area contributed by atoms with E-state index in [-0.39, 0.29) is 61.8 Å². The molecule has 3 aromatic carbocycles. The van der Waals surface area contributed by atoms with Crippen LogP contribution >= 0.6 is 0 Å². The van der Waals surface area contributed by atoms with E-state index < -0.39 is 0 Å². The Kier molecular flexibility index (Phi) is 11.5. The average Bonchev–Trinajstić information content (AvgIpc) is 3.08. The molecule has 0 unspecified atom stereocenters. The molecule has 0 aliphatic carbocycles. The van der Waals surface area contributed by atoms with Crippen LogP contribution in [-0.4, -0.2) is 0 Å². The molecule has 134 valence electrons. The normalized spacial score (nSPS) is 10.6. The van der Waals surface area contributed by atoms with Crippen molar-refractivity contribution in [3.05, 3.63) is 71.8 Å². The predicted octanol–water partition coefficient (Wildman–Crippen LogP) is 0.565. The predicted molar refractivity (Wildman–Crippen MR) is 99.0 cm³/mol. The molecule has 0 amide bonds. The standard InChI is InChI=1S/C17H23.C5H5.2ClH.Zr/c1-16(2,3)13-10-12-8-7-9-15(14(12)11-13)17(4,5)6;1-2-4-5-3-1;;;/h7-11H,1-6H3;1-5H;2*1H;/q2*-1;;;+4/p-2. The van der Waals surface area contributed by atoms with Gasteiger partial charge in [-0.25, -0.2) is 12.1 Å². The molecule has 0 aliphatic heterocycles. The third-order valence-electron chi connectivity index (χ3n) is 3.98. The van der Waals surface area contributed by atoms with Gasteiger partial charge in [-0.2, -0.15) is 24.3 Å². The molecule has 0 fully saturated rings. The van der Waals surface area contributed by atoms with Gasteiger partial charge in [-0.15, -0.1) is 40.1 Å². The van der Waals surface area contributed by atoms with Crippen molar-refractivity contribution in [3.63, 3.8) is 0 Å². The zero-order chi connectivity index (χ0) is 16.4. The molecule has 0 atom stereocenters. The van der Waals surface area contributed by atoms with E-state index in [2.05, 4.69) is 71.9 Å². The Hall–Kier alpha value is -0.357. The Labute approximate surface area is 185 Å². The van der Waals surface area contributed by atoms with Crippen LogP contribution in [-0.2, 0) is 37.0 Å². The van der Waals surface area contributed by atoms with Crippen molar-refractivity contribution >= 4 is 10.8 Å². The third-order valence-corrected chi connectivity index (χ3v) is 3.98. The molecule has 0 heterocycles. The van der Waals surface area contributed by atoms with Gasteiger partial charge in [0.25, 0.3) is 0 Å². The van der Waals surface area contributed by atoms with E-state index in [0.29, 0.717) is 0 Å². The molecule has 0 N–H and O–H groups in total. The molecule has 0 saturated carbocycles. The fourth-order valence-electron chi connectivity index (χ4n) is 2.64. The third kappa shape index (κ3) is 7.42. The van der Waals surface area contributed by atoms with E-state index in [1.807, 2.05) is 30.3 Å². The topological polar surface area (TPSA) is 0 Å². The van der Waals surface area contributed by atoms with Gasteiger partial charge in [-0.1, -0.05) is 47.6 Å². The molecule has 0 spiro atoms. The minimum atomic E-state index is 0. The molecule has 0 saturated heterocycles. The van der Waals surface area contributed by atoms with E-state index >= 15 is 0 Å². The summed E-state index contributed by atoms with van der Waals surface area (Å²) in [6.07, 6.45) is 0. The summed E-state index contributed by atoms with van der Waals surface area (Å²) >= 11 is 0. The number of benzene rings is 1. The molecule has 3 rings (SSSR count). The van der Waals surface area contributed by atoms with E-state index in [1.54, 1.807) is 0 Å². The molecular formula is C22H28Cl2Zr. The maximum atomic E-state index is 2.37. The van der Waals surface area contributed by atoms with Crippen LogP contribution in [0.1, 0.15) is 52.7 Å². The van der Waals surface area contributed by atoms with Gasteiger partial charge in [-0.3, -0.25) is 0 Å². The van der Waals surface area contributed by atoms with Crippen LogP contribution in [0.4, 0.5) is 0 Å². The molecule has 0 nitrogen and oxygen atoms in total. The maximum Gasteiger partial charge on any atom is 4.00 e. The summed E-state index contributed by atoms with van der Waals surface area (Å²) in [5.74, 6) is 0. The summed E-state index contributed by atoms with van der Waals surface area (Å²) in [4.78, 5) is 0. The zero-order valence-electron chi connectivity index (χ0n) is 16.0. The van der Waals surface area contributed by atoms with Gasteiger partial charge in [0.2, 0.25) is 0 Å². The van der Waals surface area contributed by atoms with E-state index in [1.165, 1.54) is 21.9 Å². The first-order chi connectivity index (χ1) is 10.2. The Bertz CT molecular complexity index is 693. The monoisotopic (exact) mass is 452 g/mol. The van der Waals surface area contributed by atoms with Crippen LogP contribution in [0.2, 0.25) is 0 Å². The van der Waals surface area contributed by atoms with Crippen molar-refractivity contribution in [1.29, 1.82) is 0 Å². The second-order valence-corrected chi connectivity index (χ2v) is 8.01. The van der Waals surface area contributed by atoms with Crippen molar-refractivity contribution < 1.29 is 51.0 Å². The SMILES string of the molecule is CC(C)(C)c1cc2cccc(C(C)(C)C)c2[cH-]1.[Cl-].[Cl-].[Zr+4].c1cc[cH-]c1. The van der Waals surface area contributed by atoms with Crippen LogP contribution in [0.3, 0.4) is 0 Å². The summed E-state index contributed by atoms with van der Waals surface area (Å²) in [7, 11) is 0. The van der Waals surface area contributed by atoms with Crippen molar-refractivity contribution in [3.8, 4) is 0 Å². The molecule has 0 aliphatic rings. The van der Waals surface area contributed by atoms with Gasteiger partial charge in [0.1, 0.15) is 0 Å². The summed E-state index contributed by atoms with van der Waals surface area (Å²) in [5, 5.41) is 2.80. The number of hydrogen-bond acceptors (Lipinski definition) is 0. The van der Waals surface area contributed by atoms with Crippen molar-refractivity contribution in [2.75, 3.05) is 0 Å². The van der Waals surface area contributed by atoms with Crippen LogP contribution in [0.15, 0.2) is 60.7 Å². The van der Waals surface area contributed by atoms with E-state index in [4.69, 9.17) is 0 Å². The number of hydrogen-bond donors (Lipinski definition) is 0. The first-order valence-corrected chi connectivity index (χ1v) is 8.07. The smallest absolute Gasteiger partial charge is 1.00 e. The van der Waals surface area contributed by atoms with Crippen molar-refractivity contribution in [2.45, 2.75) is 52.4 Å². The van der Waals surface area contributed by atoms with Gasteiger partial charge >= 0.3 is 26.2 Å². The van der Waals surface area contributed by atoms with Crippen LogP contribution in [0.25, 0.3) is 10.8 Å². The Morgan fingerprint density at radius 2 is 1.32 bits per heavy atom. The molecule has 0 radical (unpaired) electrons. The Morgan fingerprint density at radius 3 is 1.72 bits per heavy atom. The molecule has 3 heteroatoms. The first-order valence-electron chi connectivity index (χ1n) is 8.07. The fourth-order valence-corrected chi connectivity index (χ4v) is 2.64. The van der Waals surface area contributed by atoms with Crippen LogP contribution in [0.5, 0.6) is 0 Å². The summed E-state index contributed by atoms with van der Waals surface area (Å²) in [5.41, 5.74) is 3.33. The van der Waals surface area contributed by atoms with Gasteiger partial charge in [0.05, 0.1) is 0 Å². The maximum absolute atomic E-state index is 2.37. The van der Waals surface area contributed by atoms with Crippen molar-refractivity contribution in [2.24, 2.45) is 0 Å². The summed E-state index contributed by atoms with van der Waals surface area (Å²) in [6, 6.07) is 21.4. The average molecular weight is 455 g/mol. The molecule has 3 aromatic rings. The van der Waals surface area contributed by atoms with Gasteiger partial charge in [0.15, 0.2) is 0 Å². The minimum Gasteiger partial charge on any atom is -1.00 e. The number of halogens is 2. The van der Waals surface area contributed by atoms with Crippen LogP contribution < -0.4 is 24.8 Å². The van der Waals surface area contributed by atoms with Gasteiger partial charge in [-0.05, 0) is 10.8 Å². The van der Waals surface area contributed by atoms with E-state index in [0.717, 1.165) is 0 Å². The molecule has 0 aromatic heterocycles. The second-order valence-electron chi connectivity index (χ2n) is 8.01. The molecule has 0 bridgehead atoms. The van der Waals surface area contributed by atoms with E-state index in [9.17, 15) is 0 Å². The van der Waals surface area contributed by atoms with Crippen LogP contribution in [0, 0.1) is 0 Å². The van der Waals surface area contributed by atoms with Crippen molar-refractivity contribution in [1.82, 2.24) is 0 Å².